The van der Waals surface area contributed by atoms with Crippen molar-refractivity contribution in [2.24, 2.45) is 5.10 Å². The van der Waals surface area contributed by atoms with E-state index in [-0.39, 0.29) is 11.8 Å². The summed E-state index contributed by atoms with van der Waals surface area (Å²) < 4.78 is 11.4. The van der Waals surface area contributed by atoms with Crippen molar-refractivity contribution in [3.63, 3.8) is 0 Å². The summed E-state index contributed by atoms with van der Waals surface area (Å²) in [5.41, 5.74) is 3.27. The van der Waals surface area contributed by atoms with Crippen LogP contribution in [0.3, 0.4) is 0 Å². The summed E-state index contributed by atoms with van der Waals surface area (Å²) in [5, 5.41) is 9.86. The van der Waals surface area contributed by atoms with Gasteiger partial charge in [0.15, 0.2) is 11.5 Å². The lowest BCUT2D eigenvalue weighted by Gasteiger charge is -2.03. The Morgan fingerprint density at radius 1 is 1.43 bits per heavy atom. The van der Waals surface area contributed by atoms with Gasteiger partial charge in [-0.2, -0.15) is 10.2 Å². The smallest absolute Gasteiger partial charge is 0.285 e. The number of rotatable bonds is 3. The number of aromatic amines is 1. The molecular weight excluding hydrogens is 364 g/mol. The molecule has 0 bridgehead atoms. The Hall–Kier alpha value is -2.06. The summed E-state index contributed by atoms with van der Waals surface area (Å²) in [4.78, 5) is 11.3. The van der Waals surface area contributed by atoms with Gasteiger partial charge in [-0.05, 0) is 28.1 Å². The monoisotopic (exact) mass is 370 g/mol. The van der Waals surface area contributed by atoms with Gasteiger partial charge in [-0.3, -0.25) is 10.2 Å². The predicted molar refractivity (Wildman–Crippen MR) is 81.3 cm³/mol. The molecule has 0 atom stereocenters. The molecule has 2 N–H and O–H groups in total. The second-order valence-electron chi connectivity index (χ2n) is 4.02. The fraction of sp³-hybridized carbons (Fsp3) is 0.0833. The largest absolute Gasteiger partial charge is 0.454 e. The minimum absolute atomic E-state index is 0.00750. The molecule has 2 heterocycles. The first-order chi connectivity index (χ1) is 10.1. The van der Waals surface area contributed by atoms with Crippen molar-refractivity contribution in [3.05, 3.63) is 43.7 Å². The van der Waals surface area contributed by atoms with Gasteiger partial charge in [0.2, 0.25) is 6.79 Å². The number of H-pyrrole nitrogens is 1. The van der Waals surface area contributed by atoms with Crippen molar-refractivity contribution in [2.45, 2.75) is 0 Å². The Kier molecular flexibility index (Phi) is 3.80. The number of anilines is 1. The summed E-state index contributed by atoms with van der Waals surface area (Å²) in [6.45, 7) is 0.203. The van der Waals surface area contributed by atoms with Gasteiger partial charge in [0.25, 0.3) is 5.56 Å². The van der Waals surface area contributed by atoms with Gasteiger partial charge in [-0.25, -0.2) is 5.10 Å². The number of benzene rings is 1. The first-order valence-electron chi connectivity index (χ1n) is 5.76. The van der Waals surface area contributed by atoms with E-state index in [9.17, 15) is 4.79 Å². The van der Waals surface area contributed by atoms with Crippen molar-refractivity contribution in [2.75, 3.05) is 12.2 Å². The van der Waals surface area contributed by atoms with E-state index in [1.165, 1.54) is 6.20 Å². The van der Waals surface area contributed by atoms with Gasteiger partial charge in [-0.15, -0.1) is 0 Å². The molecule has 9 heteroatoms. The molecule has 1 aliphatic heterocycles. The summed E-state index contributed by atoms with van der Waals surface area (Å²) in [7, 11) is 0. The summed E-state index contributed by atoms with van der Waals surface area (Å²) in [6.07, 6.45) is 2.93. The number of halogens is 2. The minimum atomic E-state index is -0.485. The Bertz CT molecular complexity index is 778. The molecule has 0 saturated carbocycles. The van der Waals surface area contributed by atoms with E-state index in [0.717, 1.165) is 10.0 Å². The standard InChI is InChI=1S/C12H8BrClN4O3/c13-7-2-10-9(20-5-21-10)1-6(7)3-15-17-8-4-16-18-12(19)11(8)14/h1-4H,5H2,(H2,17,18,19)/b15-3-. The van der Waals surface area contributed by atoms with Crippen molar-refractivity contribution < 1.29 is 9.47 Å². The lowest BCUT2D eigenvalue weighted by Crippen LogP contribution is -2.10. The van der Waals surface area contributed by atoms with Crippen LogP contribution in [0.2, 0.25) is 5.02 Å². The second-order valence-corrected chi connectivity index (χ2v) is 5.26. The summed E-state index contributed by atoms with van der Waals surface area (Å²) in [6, 6.07) is 3.58. The minimum Gasteiger partial charge on any atom is -0.454 e. The number of ether oxygens (including phenoxy) is 2. The Morgan fingerprint density at radius 2 is 2.19 bits per heavy atom. The molecule has 0 radical (unpaired) electrons. The van der Waals surface area contributed by atoms with Crippen LogP contribution in [0, 0.1) is 0 Å². The first kappa shape index (κ1) is 13.9. The SMILES string of the molecule is O=c1[nH]ncc(N/N=C\c2cc3c(cc2Br)OCO3)c1Cl. The topological polar surface area (TPSA) is 88.6 Å². The van der Waals surface area contributed by atoms with Crippen molar-refractivity contribution in [3.8, 4) is 11.5 Å². The average molecular weight is 372 g/mol. The molecule has 108 valence electrons. The number of aromatic nitrogens is 2. The van der Waals surface area contributed by atoms with Gasteiger partial charge in [0.1, 0.15) is 10.7 Å². The van der Waals surface area contributed by atoms with E-state index in [4.69, 9.17) is 21.1 Å². The molecule has 2 aromatic rings. The molecule has 0 amide bonds. The molecule has 7 nitrogen and oxygen atoms in total. The zero-order valence-corrected chi connectivity index (χ0v) is 12.7. The van der Waals surface area contributed by atoms with E-state index in [1.54, 1.807) is 18.3 Å². The molecule has 0 fully saturated rings. The molecule has 0 saturated heterocycles. The number of fused-ring (bicyclic) bond motifs is 1. The molecule has 0 aliphatic carbocycles. The quantitative estimate of drug-likeness (QED) is 0.639. The van der Waals surface area contributed by atoms with Crippen LogP contribution in [0.1, 0.15) is 5.56 Å². The van der Waals surface area contributed by atoms with Crippen molar-refractivity contribution in [1.82, 2.24) is 10.2 Å². The fourth-order valence-corrected chi connectivity index (χ4v) is 2.22. The van der Waals surface area contributed by atoms with Gasteiger partial charge in [-0.1, -0.05) is 11.6 Å². The maximum absolute atomic E-state index is 11.3. The zero-order chi connectivity index (χ0) is 14.8. The summed E-state index contributed by atoms with van der Waals surface area (Å²) >= 11 is 9.23. The van der Waals surface area contributed by atoms with Crippen molar-refractivity contribution in [1.29, 1.82) is 0 Å². The van der Waals surface area contributed by atoms with Crippen LogP contribution in [0.5, 0.6) is 11.5 Å². The van der Waals surface area contributed by atoms with Crippen LogP contribution in [0.25, 0.3) is 0 Å². The highest BCUT2D eigenvalue weighted by Gasteiger charge is 2.15. The van der Waals surface area contributed by atoms with Crippen LogP contribution >= 0.6 is 27.5 Å². The number of nitrogens with zero attached hydrogens (tertiary/aromatic N) is 2. The van der Waals surface area contributed by atoms with Crippen LogP contribution in [-0.4, -0.2) is 23.2 Å². The molecule has 3 rings (SSSR count). The lowest BCUT2D eigenvalue weighted by molar-refractivity contribution is 0.174. The van der Waals surface area contributed by atoms with Gasteiger partial charge < -0.3 is 9.47 Å². The predicted octanol–water partition coefficient (Wildman–Crippen LogP) is 2.36. The first-order valence-corrected chi connectivity index (χ1v) is 6.93. The molecule has 1 aromatic heterocycles. The maximum atomic E-state index is 11.3. The second kappa shape index (κ2) is 5.74. The maximum Gasteiger partial charge on any atom is 0.285 e. The van der Waals surface area contributed by atoms with E-state index in [0.29, 0.717) is 17.2 Å². The zero-order valence-electron chi connectivity index (χ0n) is 10.4. The molecular formula is C12H8BrClN4O3. The molecule has 0 unspecified atom stereocenters. The van der Waals surface area contributed by atoms with E-state index >= 15 is 0 Å². The number of hydrazone groups is 1. The highest BCUT2D eigenvalue weighted by Crippen LogP contribution is 2.36. The van der Waals surface area contributed by atoms with Crippen LogP contribution in [-0.2, 0) is 0 Å². The third kappa shape index (κ3) is 2.86. The van der Waals surface area contributed by atoms with Crippen LogP contribution in [0.15, 0.2) is 32.7 Å². The highest BCUT2D eigenvalue weighted by molar-refractivity contribution is 9.10. The fourth-order valence-electron chi connectivity index (χ4n) is 1.66. The lowest BCUT2D eigenvalue weighted by atomic mass is 10.2. The number of hydrogen-bond donors (Lipinski definition) is 2. The van der Waals surface area contributed by atoms with Gasteiger partial charge in [0, 0.05) is 10.0 Å². The third-order valence-electron chi connectivity index (χ3n) is 2.68. The van der Waals surface area contributed by atoms with Gasteiger partial charge in [0.05, 0.1) is 12.4 Å². The van der Waals surface area contributed by atoms with E-state index in [1.807, 2.05) is 0 Å². The van der Waals surface area contributed by atoms with Crippen LogP contribution < -0.4 is 20.5 Å². The Balaban J connectivity index is 1.81. The molecule has 1 aromatic carbocycles. The number of hydrogen-bond acceptors (Lipinski definition) is 6. The van der Waals surface area contributed by atoms with Crippen molar-refractivity contribution >= 4 is 39.4 Å². The Morgan fingerprint density at radius 3 is 3.00 bits per heavy atom. The number of nitrogens with one attached hydrogen (secondary N) is 2. The average Bonchev–Trinajstić information content (AvgIpc) is 2.90. The molecule has 1 aliphatic rings. The Labute approximate surface area is 132 Å². The molecule has 21 heavy (non-hydrogen) atoms. The summed E-state index contributed by atoms with van der Waals surface area (Å²) in [5.74, 6) is 1.32. The molecule has 0 spiro atoms. The third-order valence-corrected chi connectivity index (χ3v) is 3.74. The highest BCUT2D eigenvalue weighted by atomic mass is 79.9. The van der Waals surface area contributed by atoms with Crippen LogP contribution in [0.4, 0.5) is 5.69 Å². The van der Waals surface area contributed by atoms with Gasteiger partial charge >= 0.3 is 0 Å². The normalized spacial score (nSPS) is 12.9. The van der Waals surface area contributed by atoms with E-state index < -0.39 is 5.56 Å². The van der Waals surface area contributed by atoms with E-state index in [2.05, 4.69) is 36.7 Å².